The Hall–Kier alpha value is -2.79. The number of likely N-dealkylation sites (N-methyl/N-ethyl adjacent to an activating group) is 1. The van der Waals surface area contributed by atoms with E-state index >= 15 is 0 Å². The van der Waals surface area contributed by atoms with Gasteiger partial charge in [-0.15, -0.1) is 0 Å². The topological polar surface area (TPSA) is 56.8 Å². The first-order valence-corrected chi connectivity index (χ1v) is 21.0. The summed E-state index contributed by atoms with van der Waals surface area (Å²) >= 11 is 0. The minimum atomic E-state index is -0.269. The zero-order chi connectivity index (χ0) is 36.7. The van der Waals surface area contributed by atoms with E-state index < -0.39 is 0 Å². The molecule has 0 radical (unpaired) electrons. The molecule has 5 heteroatoms. The van der Waals surface area contributed by atoms with Crippen LogP contribution in [0, 0.1) is 0 Å². The van der Waals surface area contributed by atoms with Crippen LogP contribution in [0.4, 0.5) is 0 Å². The van der Waals surface area contributed by atoms with E-state index in [4.69, 9.17) is 14.2 Å². The molecule has 0 aliphatic rings. The van der Waals surface area contributed by atoms with Crippen molar-refractivity contribution in [2.24, 2.45) is 0 Å². The zero-order valence-corrected chi connectivity index (χ0v) is 33.3. The third-order valence-electron chi connectivity index (χ3n) is 8.89. The molecule has 0 unspecified atom stereocenters. The lowest BCUT2D eigenvalue weighted by atomic mass is 10.1. The molecule has 1 aromatic rings. The highest BCUT2D eigenvalue weighted by molar-refractivity contribution is 5.71. The van der Waals surface area contributed by atoms with Crippen molar-refractivity contribution >= 4 is 5.97 Å². The van der Waals surface area contributed by atoms with Crippen molar-refractivity contribution in [1.29, 1.82) is 0 Å². The number of rotatable bonds is 36. The Morgan fingerprint density at radius 2 is 0.922 bits per heavy atom. The number of hydrogen-bond donors (Lipinski definition) is 1. The molecule has 0 fully saturated rings. The molecule has 0 saturated carbocycles. The van der Waals surface area contributed by atoms with E-state index in [0.717, 1.165) is 42.7 Å². The molecule has 5 nitrogen and oxygen atoms in total. The molecule has 0 saturated heterocycles. The summed E-state index contributed by atoms with van der Waals surface area (Å²) in [7, 11) is 1.74. The summed E-state index contributed by atoms with van der Waals surface area (Å²) in [5, 5.41) is 2.84. The van der Waals surface area contributed by atoms with Gasteiger partial charge in [-0.25, -0.2) is 0 Å². The largest absolute Gasteiger partial charge is 0.493 e. The SMILES string of the molecule is CCCCC/C=C\C/C=C\CCCCCCCCOc1cc(COC(=O)CNC)cc(OCCCCCCCC/C=C\C/C=C\CCCCC)c1. The molecule has 1 N–H and O–H groups in total. The molecule has 0 atom stereocenters. The molecule has 0 aliphatic carbocycles. The molecule has 0 bridgehead atoms. The highest BCUT2D eigenvalue weighted by atomic mass is 16.5. The van der Waals surface area contributed by atoms with Gasteiger partial charge in [-0.05, 0) is 102 Å². The molecule has 0 spiro atoms. The van der Waals surface area contributed by atoms with E-state index in [0.29, 0.717) is 13.2 Å². The quantitative estimate of drug-likeness (QED) is 0.0427. The zero-order valence-electron chi connectivity index (χ0n) is 33.3. The third-order valence-corrected chi connectivity index (χ3v) is 8.89. The number of benzene rings is 1. The van der Waals surface area contributed by atoms with Crippen molar-refractivity contribution in [3.05, 3.63) is 72.4 Å². The van der Waals surface area contributed by atoms with Gasteiger partial charge in [0.1, 0.15) is 18.1 Å². The molecular formula is C46H77NO4. The number of ether oxygens (including phenoxy) is 3. The molecule has 290 valence electrons. The molecule has 0 aliphatic heterocycles. The van der Waals surface area contributed by atoms with Gasteiger partial charge in [0.2, 0.25) is 0 Å². The van der Waals surface area contributed by atoms with Crippen molar-refractivity contribution in [3.8, 4) is 11.5 Å². The second-order valence-electron chi connectivity index (χ2n) is 13.9. The summed E-state index contributed by atoms with van der Waals surface area (Å²) in [5.41, 5.74) is 0.890. The maximum Gasteiger partial charge on any atom is 0.320 e. The lowest BCUT2D eigenvalue weighted by molar-refractivity contribution is -0.143. The van der Waals surface area contributed by atoms with Gasteiger partial charge >= 0.3 is 5.97 Å². The Balaban J connectivity index is 2.24. The highest BCUT2D eigenvalue weighted by Gasteiger charge is 2.07. The minimum Gasteiger partial charge on any atom is -0.493 e. The van der Waals surface area contributed by atoms with Crippen LogP contribution in [0.2, 0.25) is 0 Å². The van der Waals surface area contributed by atoms with E-state index in [-0.39, 0.29) is 19.1 Å². The van der Waals surface area contributed by atoms with Crippen LogP contribution in [0.1, 0.15) is 174 Å². The fraction of sp³-hybridized carbons (Fsp3) is 0.674. The van der Waals surface area contributed by atoms with Gasteiger partial charge < -0.3 is 19.5 Å². The average Bonchev–Trinajstić information content (AvgIpc) is 3.13. The molecule has 0 heterocycles. The summed E-state index contributed by atoms with van der Waals surface area (Å²) in [6.07, 6.45) is 48.1. The summed E-state index contributed by atoms with van der Waals surface area (Å²) in [6, 6.07) is 5.91. The third kappa shape index (κ3) is 31.7. The Labute approximate surface area is 314 Å². The van der Waals surface area contributed by atoms with Crippen molar-refractivity contribution in [3.63, 3.8) is 0 Å². The molecule has 1 aromatic carbocycles. The number of carbonyl (C=O) groups excluding carboxylic acids is 1. The predicted molar refractivity (Wildman–Crippen MR) is 220 cm³/mol. The van der Waals surface area contributed by atoms with Gasteiger partial charge in [-0.3, -0.25) is 4.79 Å². The van der Waals surface area contributed by atoms with E-state index in [1.165, 1.54) is 128 Å². The van der Waals surface area contributed by atoms with Crippen LogP contribution in [0.5, 0.6) is 11.5 Å². The van der Waals surface area contributed by atoms with Crippen molar-refractivity contribution in [1.82, 2.24) is 5.32 Å². The maximum absolute atomic E-state index is 11.9. The smallest absolute Gasteiger partial charge is 0.320 e. The fourth-order valence-corrected chi connectivity index (χ4v) is 5.80. The molecule has 0 amide bonds. The summed E-state index contributed by atoms with van der Waals surface area (Å²) in [5.74, 6) is 1.30. The number of esters is 1. The fourth-order valence-electron chi connectivity index (χ4n) is 5.80. The molecular weight excluding hydrogens is 631 g/mol. The standard InChI is InChI=1S/C46H77NO4/c1-4-6-8-10-12-14-16-18-20-22-24-26-28-30-32-34-36-49-44-38-43(42-51-46(48)41-47-3)39-45(40-44)50-37-35-33-31-29-27-25-23-21-19-17-15-13-11-9-7-5-2/h12-15,18-21,38-40,47H,4-11,16-17,22-37,41-42H2,1-3H3/b14-12-,15-13-,20-18-,21-19-. The van der Waals surface area contributed by atoms with Crippen LogP contribution in [-0.2, 0) is 16.1 Å². The second-order valence-corrected chi connectivity index (χ2v) is 13.9. The van der Waals surface area contributed by atoms with Crippen LogP contribution < -0.4 is 14.8 Å². The van der Waals surface area contributed by atoms with Gasteiger partial charge in [0.25, 0.3) is 0 Å². The van der Waals surface area contributed by atoms with Gasteiger partial charge in [-0.2, -0.15) is 0 Å². The number of unbranched alkanes of at least 4 members (excludes halogenated alkanes) is 18. The molecule has 51 heavy (non-hydrogen) atoms. The maximum atomic E-state index is 11.9. The van der Waals surface area contributed by atoms with Gasteiger partial charge in [-0.1, -0.05) is 140 Å². The number of hydrogen-bond acceptors (Lipinski definition) is 5. The first-order chi connectivity index (χ1) is 25.2. The predicted octanol–water partition coefficient (Wildman–Crippen LogP) is 13.3. The lowest BCUT2D eigenvalue weighted by Gasteiger charge is -2.13. The minimum absolute atomic E-state index is 0.195. The van der Waals surface area contributed by atoms with Crippen LogP contribution in [-0.4, -0.2) is 32.8 Å². The summed E-state index contributed by atoms with van der Waals surface area (Å²) < 4.78 is 17.7. The van der Waals surface area contributed by atoms with Crippen molar-refractivity contribution in [2.45, 2.75) is 175 Å². The average molecular weight is 708 g/mol. The summed E-state index contributed by atoms with van der Waals surface area (Å²) in [4.78, 5) is 11.9. The van der Waals surface area contributed by atoms with Crippen LogP contribution in [0.3, 0.4) is 0 Å². The molecule has 0 aromatic heterocycles. The van der Waals surface area contributed by atoms with Crippen LogP contribution in [0.15, 0.2) is 66.8 Å². The first-order valence-electron chi connectivity index (χ1n) is 21.0. The Kier molecular flexibility index (Phi) is 33.5. The Bertz CT molecular complexity index is 975. The number of nitrogens with one attached hydrogen (secondary N) is 1. The van der Waals surface area contributed by atoms with Gasteiger partial charge in [0, 0.05) is 6.07 Å². The Morgan fingerprint density at radius 3 is 1.33 bits per heavy atom. The van der Waals surface area contributed by atoms with Crippen molar-refractivity contribution < 1.29 is 19.0 Å². The lowest BCUT2D eigenvalue weighted by Crippen LogP contribution is -2.20. The highest BCUT2D eigenvalue weighted by Crippen LogP contribution is 2.25. The molecule has 1 rings (SSSR count). The van der Waals surface area contributed by atoms with Crippen LogP contribution in [0.25, 0.3) is 0 Å². The first kappa shape index (κ1) is 46.2. The second kappa shape index (κ2) is 37.0. The van der Waals surface area contributed by atoms with Gasteiger partial charge in [0.15, 0.2) is 0 Å². The Morgan fingerprint density at radius 1 is 0.529 bits per heavy atom. The summed E-state index contributed by atoms with van der Waals surface area (Å²) in [6.45, 7) is 6.28. The number of allylic oxidation sites excluding steroid dienone is 8. The van der Waals surface area contributed by atoms with Gasteiger partial charge in [0.05, 0.1) is 19.8 Å². The van der Waals surface area contributed by atoms with E-state index in [1.54, 1.807) is 7.05 Å². The van der Waals surface area contributed by atoms with E-state index in [9.17, 15) is 4.79 Å². The van der Waals surface area contributed by atoms with Crippen LogP contribution >= 0.6 is 0 Å². The normalized spacial score (nSPS) is 11.9. The van der Waals surface area contributed by atoms with E-state index in [1.807, 2.05) is 18.2 Å². The monoisotopic (exact) mass is 708 g/mol. The van der Waals surface area contributed by atoms with E-state index in [2.05, 4.69) is 67.8 Å². The number of carbonyl (C=O) groups is 1. The van der Waals surface area contributed by atoms with Crippen molar-refractivity contribution in [2.75, 3.05) is 26.8 Å².